The number of hydrogen-bond acceptors (Lipinski definition) is 6. The number of aliphatic hydroxyl groups is 1. The smallest absolute Gasteiger partial charge is 0.323 e. The van der Waals surface area contributed by atoms with Gasteiger partial charge in [-0.25, -0.2) is 4.98 Å². The summed E-state index contributed by atoms with van der Waals surface area (Å²) in [6, 6.07) is 3.32. The first-order chi connectivity index (χ1) is 9.63. The number of piperidine rings is 1. The number of esters is 1. The van der Waals surface area contributed by atoms with Crippen LogP contribution in [0.5, 0.6) is 5.88 Å². The van der Waals surface area contributed by atoms with Gasteiger partial charge in [0.1, 0.15) is 6.04 Å². The average Bonchev–Trinajstić information content (AvgIpc) is 2.49. The lowest BCUT2D eigenvalue weighted by molar-refractivity contribution is -0.150. The first-order valence-corrected chi connectivity index (χ1v) is 6.63. The van der Waals surface area contributed by atoms with Crippen LogP contribution in [0.25, 0.3) is 0 Å². The van der Waals surface area contributed by atoms with E-state index in [2.05, 4.69) is 4.98 Å². The summed E-state index contributed by atoms with van der Waals surface area (Å²) in [5.74, 6) is 0.262. The van der Waals surface area contributed by atoms with Gasteiger partial charge in [-0.15, -0.1) is 0 Å². The second-order valence-corrected chi connectivity index (χ2v) is 4.90. The average molecular weight is 280 g/mol. The molecule has 20 heavy (non-hydrogen) atoms. The molecular weight excluding hydrogens is 260 g/mol. The molecule has 0 radical (unpaired) electrons. The molecule has 0 unspecified atom stereocenters. The summed E-state index contributed by atoms with van der Waals surface area (Å²) in [6.45, 7) is 1.26. The highest BCUT2D eigenvalue weighted by Gasteiger charge is 2.33. The van der Waals surface area contributed by atoms with Crippen LogP contribution in [0.3, 0.4) is 0 Å². The van der Waals surface area contributed by atoms with Gasteiger partial charge in [0, 0.05) is 25.4 Å². The molecule has 1 aliphatic rings. The van der Waals surface area contributed by atoms with Crippen molar-refractivity contribution in [2.45, 2.75) is 31.5 Å². The predicted octanol–water partition coefficient (Wildman–Crippen LogP) is 0.588. The van der Waals surface area contributed by atoms with Crippen LogP contribution in [-0.2, 0) is 16.1 Å². The Labute approximate surface area is 118 Å². The Bertz CT molecular complexity index is 449. The normalized spacial score (nSPS) is 23.4. The van der Waals surface area contributed by atoms with Gasteiger partial charge >= 0.3 is 5.97 Å². The maximum absolute atomic E-state index is 11.8. The standard InChI is InChI=1S/C14H20N2O4/c1-19-13-4-3-10(8-15-13)9-16-6-5-11(17)7-12(16)14(18)20-2/h3-4,8,11-12,17H,5-7,9H2,1-2H3/t11-,12+/m1/s1. The summed E-state index contributed by atoms with van der Waals surface area (Å²) in [4.78, 5) is 18.0. The third-order valence-corrected chi connectivity index (χ3v) is 3.55. The maximum atomic E-state index is 11.8. The van der Waals surface area contributed by atoms with E-state index in [1.54, 1.807) is 19.4 Å². The number of likely N-dealkylation sites (tertiary alicyclic amines) is 1. The van der Waals surface area contributed by atoms with E-state index in [0.29, 0.717) is 31.8 Å². The highest BCUT2D eigenvalue weighted by molar-refractivity contribution is 5.75. The Morgan fingerprint density at radius 3 is 2.90 bits per heavy atom. The van der Waals surface area contributed by atoms with Crippen molar-refractivity contribution in [3.8, 4) is 5.88 Å². The van der Waals surface area contributed by atoms with Crippen molar-refractivity contribution in [1.82, 2.24) is 9.88 Å². The number of ether oxygens (including phenoxy) is 2. The number of carbonyl (C=O) groups excluding carboxylic acids is 1. The van der Waals surface area contributed by atoms with Crippen molar-refractivity contribution in [2.24, 2.45) is 0 Å². The van der Waals surface area contributed by atoms with Gasteiger partial charge in [-0.3, -0.25) is 9.69 Å². The Hall–Kier alpha value is -1.66. The minimum atomic E-state index is -0.440. The van der Waals surface area contributed by atoms with E-state index in [1.165, 1.54) is 7.11 Å². The lowest BCUT2D eigenvalue weighted by Crippen LogP contribution is -2.48. The second kappa shape index (κ2) is 6.67. The van der Waals surface area contributed by atoms with Gasteiger partial charge in [0.25, 0.3) is 0 Å². The molecule has 1 aromatic heterocycles. The molecule has 0 aliphatic carbocycles. The molecule has 6 heteroatoms. The number of hydrogen-bond donors (Lipinski definition) is 1. The number of pyridine rings is 1. The van der Waals surface area contributed by atoms with E-state index in [9.17, 15) is 9.90 Å². The van der Waals surface area contributed by atoms with Crippen LogP contribution < -0.4 is 4.74 Å². The fourth-order valence-electron chi connectivity index (χ4n) is 2.43. The molecular formula is C14H20N2O4. The molecule has 1 N–H and O–H groups in total. The minimum absolute atomic E-state index is 0.301. The summed E-state index contributed by atoms with van der Waals surface area (Å²) in [5, 5.41) is 9.71. The van der Waals surface area contributed by atoms with Crippen molar-refractivity contribution in [3.05, 3.63) is 23.9 Å². The molecule has 0 bridgehead atoms. The predicted molar refractivity (Wildman–Crippen MR) is 72.2 cm³/mol. The molecule has 0 saturated carbocycles. The number of aliphatic hydroxyl groups excluding tert-OH is 1. The maximum Gasteiger partial charge on any atom is 0.323 e. The summed E-state index contributed by atoms with van der Waals surface area (Å²) in [5.41, 5.74) is 0.996. The van der Waals surface area contributed by atoms with E-state index in [1.807, 2.05) is 11.0 Å². The summed E-state index contributed by atoms with van der Waals surface area (Å²) >= 11 is 0. The van der Waals surface area contributed by atoms with Crippen molar-refractivity contribution in [1.29, 1.82) is 0 Å². The van der Waals surface area contributed by atoms with E-state index in [0.717, 1.165) is 5.56 Å². The number of aromatic nitrogens is 1. The van der Waals surface area contributed by atoms with Crippen LogP contribution >= 0.6 is 0 Å². The Kier molecular flexibility index (Phi) is 4.92. The molecule has 1 aromatic rings. The van der Waals surface area contributed by atoms with Crippen molar-refractivity contribution >= 4 is 5.97 Å². The molecule has 0 aromatic carbocycles. The molecule has 1 saturated heterocycles. The topological polar surface area (TPSA) is 71.9 Å². The van der Waals surface area contributed by atoms with Crippen LogP contribution in [0.2, 0.25) is 0 Å². The monoisotopic (exact) mass is 280 g/mol. The van der Waals surface area contributed by atoms with Crippen molar-refractivity contribution in [2.75, 3.05) is 20.8 Å². The van der Waals surface area contributed by atoms with Crippen LogP contribution in [-0.4, -0.2) is 53.9 Å². The van der Waals surface area contributed by atoms with Gasteiger partial charge in [-0.2, -0.15) is 0 Å². The van der Waals surface area contributed by atoms with Gasteiger partial charge in [-0.1, -0.05) is 6.07 Å². The summed E-state index contributed by atoms with van der Waals surface area (Å²) < 4.78 is 9.83. The third-order valence-electron chi connectivity index (χ3n) is 3.55. The largest absolute Gasteiger partial charge is 0.481 e. The molecule has 2 rings (SSSR count). The van der Waals surface area contributed by atoms with Crippen molar-refractivity contribution in [3.63, 3.8) is 0 Å². The highest BCUT2D eigenvalue weighted by atomic mass is 16.5. The molecule has 1 fully saturated rings. The third kappa shape index (κ3) is 3.46. The molecule has 110 valence electrons. The highest BCUT2D eigenvalue weighted by Crippen LogP contribution is 2.21. The Morgan fingerprint density at radius 1 is 1.50 bits per heavy atom. The molecule has 0 amide bonds. The van der Waals surface area contributed by atoms with Crippen LogP contribution in [0.4, 0.5) is 0 Å². The van der Waals surface area contributed by atoms with Gasteiger partial charge in [-0.05, 0) is 18.4 Å². The fourth-order valence-corrected chi connectivity index (χ4v) is 2.43. The zero-order chi connectivity index (χ0) is 14.5. The lowest BCUT2D eigenvalue weighted by Gasteiger charge is -2.35. The fraction of sp³-hybridized carbons (Fsp3) is 0.571. The van der Waals surface area contributed by atoms with Crippen molar-refractivity contribution < 1.29 is 19.4 Å². The van der Waals surface area contributed by atoms with E-state index in [-0.39, 0.29) is 5.97 Å². The number of methoxy groups -OCH3 is 2. The first-order valence-electron chi connectivity index (χ1n) is 6.63. The molecule has 2 heterocycles. The Balaban J connectivity index is 2.06. The zero-order valence-corrected chi connectivity index (χ0v) is 11.8. The van der Waals surface area contributed by atoms with Gasteiger partial charge in [0.05, 0.1) is 20.3 Å². The first kappa shape index (κ1) is 14.7. The molecule has 2 atom stereocenters. The minimum Gasteiger partial charge on any atom is -0.481 e. The van der Waals surface area contributed by atoms with E-state index >= 15 is 0 Å². The quantitative estimate of drug-likeness (QED) is 0.814. The molecule has 0 spiro atoms. The number of rotatable bonds is 4. The van der Waals surface area contributed by atoms with Gasteiger partial charge in [0.2, 0.25) is 5.88 Å². The van der Waals surface area contributed by atoms with E-state index in [4.69, 9.17) is 9.47 Å². The summed E-state index contributed by atoms with van der Waals surface area (Å²) in [7, 11) is 2.94. The van der Waals surface area contributed by atoms with E-state index < -0.39 is 12.1 Å². The van der Waals surface area contributed by atoms with Crippen LogP contribution in [0.15, 0.2) is 18.3 Å². The van der Waals surface area contributed by atoms with Gasteiger partial charge in [0.15, 0.2) is 0 Å². The lowest BCUT2D eigenvalue weighted by atomic mass is 9.99. The van der Waals surface area contributed by atoms with Gasteiger partial charge < -0.3 is 14.6 Å². The van der Waals surface area contributed by atoms with Crippen LogP contribution in [0, 0.1) is 0 Å². The second-order valence-electron chi connectivity index (χ2n) is 4.90. The SMILES string of the molecule is COC(=O)[C@@H]1C[C@H](O)CCN1Cc1ccc(OC)nc1. The Morgan fingerprint density at radius 2 is 2.30 bits per heavy atom. The number of nitrogens with zero attached hydrogens (tertiary/aromatic N) is 2. The number of carbonyl (C=O) groups is 1. The zero-order valence-electron chi connectivity index (χ0n) is 11.8. The molecule has 1 aliphatic heterocycles. The van der Waals surface area contributed by atoms with Crippen LogP contribution in [0.1, 0.15) is 18.4 Å². The summed E-state index contributed by atoms with van der Waals surface area (Å²) in [6.07, 6.45) is 2.37. The molecule has 6 nitrogen and oxygen atoms in total.